The number of hydrogen-bond acceptors (Lipinski definition) is 2. The maximum absolute atomic E-state index is 5.92. The summed E-state index contributed by atoms with van der Waals surface area (Å²) in [5, 5.41) is 1.14. The molecule has 1 heterocycles. The number of rotatable bonds is 0. The van der Waals surface area contributed by atoms with Crippen molar-refractivity contribution in [2.24, 2.45) is 0 Å². The molecule has 0 spiro atoms. The summed E-state index contributed by atoms with van der Waals surface area (Å²) in [4.78, 5) is 4.29. The van der Waals surface area contributed by atoms with Crippen LogP contribution in [0.3, 0.4) is 0 Å². The van der Waals surface area contributed by atoms with Gasteiger partial charge in [0.2, 0.25) is 0 Å². The van der Waals surface area contributed by atoms with Crippen LogP contribution in [0.4, 0.5) is 5.69 Å². The number of benzene rings is 1. The fraction of sp³-hybridized carbons (Fsp3) is 0.182. The third-order valence-corrected chi connectivity index (χ3v) is 2.42. The van der Waals surface area contributed by atoms with Crippen LogP contribution in [0, 0.1) is 13.8 Å². The van der Waals surface area contributed by atoms with Crippen molar-refractivity contribution in [1.29, 1.82) is 0 Å². The number of hydrogen-bond donors (Lipinski definition) is 1. The molecule has 1 aromatic carbocycles. The Morgan fingerprint density at radius 3 is 2.85 bits per heavy atom. The lowest BCUT2D eigenvalue weighted by Crippen LogP contribution is -1.95. The van der Waals surface area contributed by atoms with Gasteiger partial charge in [-0.2, -0.15) is 0 Å². The molecule has 2 N–H and O–H groups in total. The minimum absolute atomic E-state index is 0.875. The van der Waals surface area contributed by atoms with Crippen molar-refractivity contribution in [1.82, 2.24) is 4.98 Å². The SMILES string of the molecule is Cc1cc2ncccc2c(C)c1N. The molecule has 2 rings (SSSR count). The molecule has 2 aromatic rings. The van der Waals surface area contributed by atoms with Gasteiger partial charge in [0.05, 0.1) is 5.52 Å². The van der Waals surface area contributed by atoms with Crippen LogP contribution in [-0.4, -0.2) is 4.98 Å². The van der Waals surface area contributed by atoms with Gasteiger partial charge in [0.1, 0.15) is 0 Å². The van der Waals surface area contributed by atoms with Gasteiger partial charge in [-0.25, -0.2) is 0 Å². The summed E-state index contributed by atoms with van der Waals surface area (Å²) in [6.45, 7) is 4.04. The summed E-state index contributed by atoms with van der Waals surface area (Å²) in [5.74, 6) is 0. The first-order valence-electron chi connectivity index (χ1n) is 4.30. The molecule has 0 aliphatic rings. The Hall–Kier alpha value is -1.57. The van der Waals surface area contributed by atoms with E-state index in [1.807, 2.05) is 32.0 Å². The molecule has 66 valence electrons. The predicted octanol–water partition coefficient (Wildman–Crippen LogP) is 2.43. The largest absolute Gasteiger partial charge is 0.398 e. The molecule has 2 heteroatoms. The van der Waals surface area contributed by atoms with E-state index < -0.39 is 0 Å². The van der Waals surface area contributed by atoms with Gasteiger partial charge in [0, 0.05) is 17.3 Å². The van der Waals surface area contributed by atoms with Crippen LogP contribution in [0.15, 0.2) is 24.4 Å². The van der Waals surface area contributed by atoms with Crippen LogP contribution in [-0.2, 0) is 0 Å². The van der Waals surface area contributed by atoms with E-state index >= 15 is 0 Å². The van der Waals surface area contributed by atoms with Crippen molar-refractivity contribution in [3.63, 3.8) is 0 Å². The van der Waals surface area contributed by atoms with Gasteiger partial charge in [0.15, 0.2) is 0 Å². The van der Waals surface area contributed by atoms with Gasteiger partial charge in [-0.3, -0.25) is 4.98 Å². The second kappa shape index (κ2) is 2.73. The molecule has 0 aliphatic heterocycles. The summed E-state index contributed by atoms with van der Waals surface area (Å²) in [5.41, 5.74) is 10.0. The Balaban J connectivity index is 2.94. The zero-order chi connectivity index (χ0) is 9.42. The lowest BCUT2D eigenvalue weighted by molar-refractivity contribution is 1.36. The molecule has 13 heavy (non-hydrogen) atoms. The van der Waals surface area contributed by atoms with Crippen LogP contribution < -0.4 is 5.73 Å². The number of pyridine rings is 1. The molecular formula is C11H12N2. The van der Waals surface area contributed by atoms with E-state index in [1.54, 1.807) is 6.20 Å². The highest BCUT2D eigenvalue weighted by atomic mass is 14.7. The Morgan fingerprint density at radius 2 is 2.08 bits per heavy atom. The zero-order valence-electron chi connectivity index (χ0n) is 7.83. The molecule has 0 unspecified atom stereocenters. The van der Waals surface area contributed by atoms with Crippen LogP contribution >= 0.6 is 0 Å². The fourth-order valence-corrected chi connectivity index (χ4v) is 1.57. The van der Waals surface area contributed by atoms with Gasteiger partial charge >= 0.3 is 0 Å². The summed E-state index contributed by atoms with van der Waals surface area (Å²) in [6, 6.07) is 6.01. The molecule has 2 nitrogen and oxygen atoms in total. The van der Waals surface area contributed by atoms with Crippen molar-refractivity contribution >= 4 is 16.6 Å². The maximum atomic E-state index is 5.92. The number of nitrogens with zero attached hydrogens (tertiary/aromatic N) is 1. The second-order valence-electron chi connectivity index (χ2n) is 3.30. The first-order chi connectivity index (χ1) is 6.20. The number of aryl methyl sites for hydroxylation is 2. The minimum Gasteiger partial charge on any atom is -0.398 e. The van der Waals surface area contributed by atoms with Gasteiger partial charge in [-0.15, -0.1) is 0 Å². The van der Waals surface area contributed by atoms with E-state index in [0.717, 1.165) is 27.7 Å². The predicted molar refractivity (Wildman–Crippen MR) is 55.6 cm³/mol. The summed E-state index contributed by atoms with van der Waals surface area (Å²) < 4.78 is 0. The average Bonchev–Trinajstić information content (AvgIpc) is 2.15. The number of nitrogens with two attached hydrogens (primary N) is 1. The number of anilines is 1. The summed E-state index contributed by atoms with van der Waals surface area (Å²) in [7, 11) is 0. The highest BCUT2D eigenvalue weighted by Gasteiger charge is 2.03. The molecular weight excluding hydrogens is 160 g/mol. The molecule has 0 radical (unpaired) electrons. The topological polar surface area (TPSA) is 38.9 Å². The van der Waals surface area contributed by atoms with E-state index in [1.165, 1.54) is 0 Å². The highest BCUT2D eigenvalue weighted by Crippen LogP contribution is 2.24. The van der Waals surface area contributed by atoms with Crippen LogP contribution in [0.25, 0.3) is 10.9 Å². The van der Waals surface area contributed by atoms with Crippen molar-refractivity contribution in [3.8, 4) is 0 Å². The maximum Gasteiger partial charge on any atom is 0.0708 e. The molecule has 0 atom stereocenters. The van der Waals surface area contributed by atoms with Gasteiger partial charge < -0.3 is 5.73 Å². The van der Waals surface area contributed by atoms with Crippen LogP contribution in [0.5, 0.6) is 0 Å². The van der Waals surface area contributed by atoms with E-state index in [-0.39, 0.29) is 0 Å². The van der Waals surface area contributed by atoms with Gasteiger partial charge in [-0.1, -0.05) is 6.07 Å². The first-order valence-corrected chi connectivity index (χ1v) is 4.30. The molecule has 0 amide bonds. The minimum atomic E-state index is 0.875. The van der Waals surface area contributed by atoms with Crippen LogP contribution in [0.1, 0.15) is 11.1 Å². The molecule has 0 aliphatic carbocycles. The van der Waals surface area contributed by atoms with Gasteiger partial charge in [0.25, 0.3) is 0 Å². The molecule has 0 fully saturated rings. The number of nitrogen functional groups attached to an aromatic ring is 1. The Morgan fingerprint density at radius 1 is 1.31 bits per heavy atom. The lowest BCUT2D eigenvalue weighted by atomic mass is 10.0. The smallest absolute Gasteiger partial charge is 0.0708 e. The van der Waals surface area contributed by atoms with Crippen molar-refractivity contribution in [3.05, 3.63) is 35.5 Å². The highest BCUT2D eigenvalue weighted by molar-refractivity contribution is 5.87. The van der Waals surface area contributed by atoms with E-state index in [9.17, 15) is 0 Å². The number of fused-ring (bicyclic) bond motifs is 1. The molecule has 0 saturated heterocycles. The van der Waals surface area contributed by atoms with E-state index in [2.05, 4.69) is 4.98 Å². The normalized spacial score (nSPS) is 10.6. The second-order valence-corrected chi connectivity index (χ2v) is 3.30. The average molecular weight is 172 g/mol. The van der Waals surface area contributed by atoms with E-state index in [4.69, 9.17) is 5.73 Å². The summed E-state index contributed by atoms with van der Waals surface area (Å²) >= 11 is 0. The van der Waals surface area contributed by atoms with Gasteiger partial charge in [-0.05, 0) is 37.1 Å². The Kier molecular flexibility index (Phi) is 1.69. The standard InChI is InChI=1S/C11H12N2/c1-7-6-10-9(4-3-5-13-10)8(2)11(7)12/h3-6H,12H2,1-2H3. The van der Waals surface area contributed by atoms with Crippen molar-refractivity contribution in [2.45, 2.75) is 13.8 Å². The third-order valence-electron chi connectivity index (χ3n) is 2.42. The quantitative estimate of drug-likeness (QED) is 0.620. The zero-order valence-corrected chi connectivity index (χ0v) is 7.83. The lowest BCUT2D eigenvalue weighted by Gasteiger charge is -2.07. The van der Waals surface area contributed by atoms with Crippen molar-refractivity contribution in [2.75, 3.05) is 5.73 Å². The third kappa shape index (κ3) is 1.15. The Labute approximate surface area is 77.4 Å². The first kappa shape index (κ1) is 8.05. The van der Waals surface area contributed by atoms with E-state index in [0.29, 0.717) is 0 Å². The monoisotopic (exact) mass is 172 g/mol. The fourth-order valence-electron chi connectivity index (χ4n) is 1.57. The van der Waals surface area contributed by atoms with Crippen molar-refractivity contribution < 1.29 is 0 Å². The molecule has 1 aromatic heterocycles. The number of aromatic nitrogens is 1. The molecule has 0 bridgehead atoms. The Bertz CT molecular complexity index is 461. The van der Waals surface area contributed by atoms with Crippen LogP contribution in [0.2, 0.25) is 0 Å². The summed E-state index contributed by atoms with van der Waals surface area (Å²) in [6.07, 6.45) is 1.80. The molecule has 0 saturated carbocycles.